The van der Waals surface area contributed by atoms with Crippen molar-refractivity contribution in [2.24, 2.45) is 27.7 Å². The van der Waals surface area contributed by atoms with E-state index in [1.165, 1.54) is 109 Å². The molecule has 4 nitrogen and oxygen atoms in total. The number of allylic oxidation sites excluding steroid dienone is 9. The van der Waals surface area contributed by atoms with E-state index in [0.29, 0.717) is 5.92 Å². The Bertz CT molecular complexity index is 1000. The molecule has 0 spiro atoms. The molecule has 1 aliphatic heterocycles. The average molecular weight is 563 g/mol. The van der Waals surface area contributed by atoms with Gasteiger partial charge in [-0.2, -0.15) is 0 Å². The van der Waals surface area contributed by atoms with E-state index in [4.69, 9.17) is 9.98 Å². The van der Waals surface area contributed by atoms with Crippen LogP contribution in [0.25, 0.3) is 0 Å². The van der Waals surface area contributed by atoms with E-state index < -0.39 is 0 Å². The first-order valence-corrected chi connectivity index (χ1v) is 16.5. The van der Waals surface area contributed by atoms with Crippen molar-refractivity contribution in [2.75, 3.05) is 27.2 Å². The highest BCUT2D eigenvalue weighted by molar-refractivity contribution is 6.01. The molecule has 0 saturated heterocycles. The normalized spacial score (nSPS) is 23.0. The lowest BCUT2D eigenvalue weighted by Gasteiger charge is -2.30. The minimum atomic E-state index is 0. The standard InChI is InChI=1S/C36H56N4.CH4.H2/c1-29(36-38-34-20-14-9-13-19-33(34)27-35(39-36)40(2)3)26-31-21-23-32(24-22-31)28-37-25-15-7-5-4-6-10-16-30-17-11-8-12-18-30;;/h9,11,14,17-20,29,31-32,37H,4-8,10,12-13,15-16,21-28H2,1-3H3;1H4;1H. The smallest absolute Gasteiger partial charge is 0.133 e. The molecule has 3 aliphatic carbocycles. The van der Waals surface area contributed by atoms with Crippen LogP contribution in [0.5, 0.6) is 0 Å². The van der Waals surface area contributed by atoms with Gasteiger partial charge in [0, 0.05) is 27.9 Å². The van der Waals surface area contributed by atoms with Gasteiger partial charge in [-0.1, -0.05) is 94.9 Å². The summed E-state index contributed by atoms with van der Waals surface area (Å²) >= 11 is 0. The predicted molar refractivity (Wildman–Crippen MR) is 183 cm³/mol. The molecule has 0 amide bonds. The van der Waals surface area contributed by atoms with Gasteiger partial charge in [0.1, 0.15) is 11.7 Å². The minimum absolute atomic E-state index is 0. The number of rotatable bonds is 14. The van der Waals surface area contributed by atoms with Crippen molar-refractivity contribution in [3.8, 4) is 0 Å². The number of nitrogens with one attached hydrogen (secondary N) is 1. The van der Waals surface area contributed by atoms with Crippen LogP contribution in [0.3, 0.4) is 0 Å². The molecule has 230 valence electrons. The molecule has 4 rings (SSSR count). The Hall–Kier alpha value is -2.20. The first kappa shape index (κ1) is 33.3. The molecule has 4 aliphatic rings. The molecular formula is C37H62N4. The number of fused-ring (bicyclic) bond motifs is 1. The lowest BCUT2D eigenvalue weighted by Crippen LogP contribution is -2.28. The summed E-state index contributed by atoms with van der Waals surface area (Å²) in [5.41, 5.74) is 3.99. The van der Waals surface area contributed by atoms with Crippen molar-refractivity contribution < 1.29 is 1.43 Å². The summed E-state index contributed by atoms with van der Waals surface area (Å²) in [6.07, 6.45) is 36.5. The van der Waals surface area contributed by atoms with Crippen molar-refractivity contribution in [3.63, 3.8) is 0 Å². The lowest BCUT2D eigenvalue weighted by molar-refractivity contribution is 0.248. The van der Waals surface area contributed by atoms with E-state index in [1.54, 1.807) is 5.57 Å². The quantitative estimate of drug-likeness (QED) is 0.214. The van der Waals surface area contributed by atoms with E-state index >= 15 is 0 Å². The summed E-state index contributed by atoms with van der Waals surface area (Å²) in [7, 11) is 4.22. The number of unbranched alkanes of at least 4 members (excludes halogenated alkanes) is 5. The fourth-order valence-corrected chi connectivity index (χ4v) is 6.62. The molecular weight excluding hydrogens is 500 g/mol. The number of amidine groups is 2. The molecule has 0 bridgehead atoms. The summed E-state index contributed by atoms with van der Waals surface area (Å²) in [6.45, 7) is 4.75. The summed E-state index contributed by atoms with van der Waals surface area (Å²) in [5.74, 6) is 4.21. The van der Waals surface area contributed by atoms with Gasteiger partial charge in [0.15, 0.2) is 0 Å². The third-order valence-corrected chi connectivity index (χ3v) is 9.23. The van der Waals surface area contributed by atoms with Gasteiger partial charge in [-0.15, -0.1) is 0 Å². The summed E-state index contributed by atoms with van der Waals surface area (Å²) < 4.78 is 0. The van der Waals surface area contributed by atoms with E-state index in [-0.39, 0.29) is 8.85 Å². The summed E-state index contributed by atoms with van der Waals surface area (Å²) in [6, 6.07) is 0. The van der Waals surface area contributed by atoms with Crippen LogP contribution in [-0.2, 0) is 0 Å². The zero-order chi connectivity index (χ0) is 28.0. The predicted octanol–water partition coefficient (Wildman–Crippen LogP) is 9.83. The first-order chi connectivity index (χ1) is 19.6. The van der Waals surface area contributed by atoms with Crippen molar-refractivity contribution in [3.05, 3.63) is 59.4 Å². The molecule has 1 heterocycles. The van der Waals surface area contributed by atoms with Gasteiger partial charge in [0.25, 0.3) is 0 Å². The number of aliphatic imine (C=N–C) groups is 2. The molecule has 1 fully saturated rings. The molecule has 41 heavy (non-hydrogen) atoms. The van der Waals surface area contributed by atoms with Crippen LogP contribution < -0.4 is 5.32 Å². The fourth-order valence-electron chi connectivity index (χ4n) is 6.62. The number of hydrogen-bond acceptors (Lipinski definition) is 4. The van der Waals surface area contributed by atoms with Crippen LogP contribution in [-0.4, -0.2) is 43.8 Å². The van der Waals surface area contributed by atoms with Crippen molar-refractivity contribution in [1.82, 2.24) is 10.2 Å². The highest BCUT2D eigenvalue weighted by atomic mass is 15.2. The largest absolute Gasteiger partial charge is 0.366 e. The minimum Gasteiger partial charge on any atom is -0.366 e. The number of hydrogen-bond donors (Lipinski definition) is 1. The van der Waals surface area contributed by atoms with E-state index in [9.17, 15) is 0 Å². The molecule has 1 saturated carbocycles. The van der Waals surface area contributed by atoms with Crippen molar-refractivity contribution in [2.45, 2.75) is 117 Å². The summed E-state index contributed by atoms with van der Waals surface area (Å²) in [4.78, 5) is 12.4. The SMILES string of the molecule is C.CC(CC1CCC(CNCCCCCCCCC2=CCCC=C2)CC1)C1=NC2=CC=CCC=C2CC(N(C)C)=N1.[HH]. The van der Waals surface area contributed by atoms with Crippen LogP contribution in [0.2, 0.25) is 0 Å². The Kier molecular flexibility index (Phi) is 14.9. The second-order valence-corrected chi connectivity index (χ2v) is 12.9. The molecule has 0 aromatic carbocycles. The van der Waals surface area contributed by atoms with E-state index in [1.807, 2.05) is 0 Å². The molecule has 1 N–H and O–H groups in total. The Labute approximate surface area is 254 Å². The fraction of sp³-hybridized carbons (Fsp3) is 0.676. The Balaban J connectivity index is 0.00000308. The molecule has 0 aromatic rings. The Morgan fingerprint density at radius 3 is 2.44 bits per heavy atom. The first-order valence-electron chi connectivity index (χ1n) is 16.5. The van der Waals surface area contributed by atoms with Gasteiger partial charge in [0.2, 0.25) is 0 Å². The maximum absolute atomic E-state index is 5.10. The second-order valence-electron chi connectivity index (χ2n) is 12.9. The maximum atomic E-state index is 5.10. The van der Waals surface area contributed by atoms with Gasteiger partial charge < -0.3 is 10.2 Å². The monoisotopic (exact) mass is 562 g/mol. The summed E-state index contributed by atoms with van der Waals surface area (Å²) in [5, 5.41) is 3.79. The second kappa shape index (κ2) is 18.4. The Morgan fingerprint density at radius 1 is 0.927 bits per heavy atom. The van der Waals surface area contributed by atoms with E-state index in [2.05, 4.69) is 73.8 Å². The molecule has 0 aromatic heterocycles. The molecule has 1 unspecified atom stereocenters. The van der Waals surface area contributed by atoms with Gasteiger partial charge in [-0.3, -0.25) is 0 Å². The van der Waals surface area contributed by atoms with Gasteiger partial charge in [-0.05, 0) is 94.4 Å². The van der Waals surface area contributed by atoms with Gasteiger partial charge in [0.05, 0.1) is 5.70 Å². The van der Waals surface area contributed by atoms with Gasteiger partial charge in [-0.25, -0.2) is 9.98 Å². The highest BCUT2D eigenvalue weighted by Gasteiger charge is 2.26. The zero-order valence-electron chi connectivity index (χ0n) is 25.8. The van der Waals surface area contributed by atoms with Crippen LogP contribution >= 0.6 is 0 Å². The molecule has 1 atom stereocenters. The Morgan fingerprint density at radius 2 is 1.68 bits per heavy atom. The van der Waals surface area contributed by atoms with Crippen molar-refractivity contribution in [1.29, 1.82) is 0 Å². The highest BCUT2D eigenvalue weighted by Crippen LogP contribution is 2.34. The molecule has 0 radical (unpaired) electrons. The third-order valence-electron chi connectivity index (χ3n) is 9.23. The molecule has 4 heteroatoms. The maximum Gasteiger partial charge on any atom is 0.133 e. The van der Waals surface area contributed by atoms with Gasteiger partial charge >= 0.3 is 0 Å². The van der Waals surface area contributed by atoms with Crippen molar-refractivity contribution >= 4 is 11.7 Å². The number of nitrogens with zero attached hydrogens (tertiary/aromatic N) is 3. The van der Waals surface area contributed by atoms with E-state index in [0.717, 1.165) is 42.0 Å². The van der Waals surface area contributed by atoms with Crippen LogP contribution in [0.15, 0.2) is 69.4 Å². The van der Waals surface area contributed by atoms with Crippen LogP contribution in [0.1, 0.15) is 119 Å². The average Bonchev–Trinajstić information content (AvgIpc) is 3.29. The lowest BCUT2D eigenvalue weighted by atomic mass is 9.78. The third kappa shape index (κ3) is 11.5. The van der Waals surface area contributed by atoms with Crippen LogP contribution in [0, 0.1) is 17.8 Å². The topological polar surface area (TPSA) is 40.0 Å². The van der Waals surface area contributed by atoms with Crippen LogP contribution in [0.4, 0.5) is 0 Å². The zero-order valence-corrected chi connectivity index (χ0v) is 25.8.